The van der Waals surface area contributed by atoms with Crippen molar-refractivity contribution in [1.29, 1.82) is 0 Å². The van der Waals surface area contributed by atoms with E-state index in [1.807, 2.05) is 0 Å². The van der Waals surface area contributed by atoms with Gasteiger partial charge in [-0.3, -0.25) is 0 Å². The van der Waals surface area contributed by atoms with Crippen molar-refractivity contribution in [3.8, 4) is 0 Å². The van der Waals surface area contributed by atoms with E-state index in [-0.39, 0.29) is 12.1 Å². The molecule has 1 unspecified atom stereocenters. The van der Waals surface area contributed by atoms with E-state index in [9.17, 15) is 0 Å². The molecule has 0 bridgehead atoms. The van der Waals surface area contributed by atoms with Gasteiger partial charge in [-0.25, -0.2) is 9.97 Å². The minimum absolute atomic E-state index is 0.277. The number of nitrogen functional groups attached to an aromatic ring is 1. The third kappa shape index (κ3) is 3.82. The molecule has 0 aliphatic carbocycles. The normalized spacial score (nSPS) is 12.8. The maximum atomic E-state index is 8.96. The molecule has 4 N–H and O–H groups in total. The zero-order chi connectivity index (χ0) is 9.68. The fourth-order valence-corrected chi connectivity index (χ4v) is 0.881. The van der Waals surface area contributed by atoms with Crippen molar-refractivity contribution < 1.29 is 5.11 Å². The summed E-state index contributed by atoms with van der Waals surface area (Å²) in [5, 5.41) is 12.0. The highest BCUT2D eigenvalue weighted by Crippen LogP contribution is 1.95. The van der Waals surface area contributed by atoms with Gasteiger partial charge in [0.1, 0.15) is 0 Å². The van der Waals surface area contributed by atoms with Crippen molar-refractivity contribution in [1.82, 2.24) is 15.3 Å². The molecule has 0 aliphatic rings. The van der Waals surface area contributed by atoms with E-state index in [1.54, 1.807) is 19.3 Å². The van der Waals surface area contributed by atoms with Gasteiger partial charge in [0, 0.05) is 31.0 Å². The topological polar surface area (TPSA) is 84.1 Å². The molecular formula is C8H14N4O. The zero-order valence-corrected chi connectivity index (χ0v) is 7.57. The molecule has 1 aromatic rings. The summed E-state index contributed by atoms with van der Waals surface area (Å²) in [5.41, 5.74) is 6.27. The molecule has 5 heteroatoms. The number of nitrogens with one attached hydrogen (secondary N) is 1. The van der Waals surface area contributed by atoms with Crippen LogP contribution in [0.3, 0.4) is 0 Å². The second-order valence-electron chi connectivity index (χ2n) is 2.93. The van der Waals surface area contributed by atoms with Gasteiger partial charge in [-0.2, -0.15) is 0 Å². The van der Waals surface area contributed by atoms with E-state index in [0.717, 1.165) is 5.56 Å². The smallest absolute Gasteiger partial charge is 0.219 e. The first-order valence-corrected chi connectivity index (χ1v) is 4.13. The molecule has 1 heterocycles. The van der Waals surface area contributed by atoms with Gasteiger partial charge in [0.25, 0.3) is 0 Å². The Hall–Kier alpha value is -1.20. The van der Waals surface area contributed by atoms with Gasteiger partial charge in [-0.05, 0) is 6.92 Å². The van der Waals surface area contributed by atoms with E-state index < -0.39 is 0 Å². The fraction of sp³-hybridized carbons (Fsp3) is 0.500. The Balaban J connectivity index is 2.33. The van der Waals surface area contributed by atoms with Crippen LogP contribution in [0.2, 0.25) is 0 Å². The first-order chi connectivity index (χ1) is 6.18. The third-order valence-corrected chi connectivity index (χ3v) is 1.49. The standard InChI is InChI=1S/C8H14N4O/c1-6(13)2-10-3-7-4-11-8(9)12-5-7/h4-6,10,13H,2-3H2,1H3,(H2,9,11,12). The minimum Gasteiger partial charge on any atom is -0.392 e. The summed E-state index contributed by atoms with van der Waals surface area (Å²) in [7, 11) is 0. The summed E-state index contributed by atoms with van der Waals surface area (Å²) in [6.45, 7) is 2.93. The predicted molar refractivity (Wildman–Crippen MR) is 49.8 cm³/mol. The van der Waals surface area contributed by atoms with Gasteiger partial charge in [-0.15, -0.1) is 0 Å². The van der Waals surface area contributed by atoms with Gasteiger partial charge in [0.15, 0.2) is 0 Å². The van der Waals surface area contributed by atoms with Crippen LogP contribution in [0.15, 0.2) is 12.4 Å². The van der Waals surface area contributed by atoms with Crippen LogP contribution in [-0.4, -0.2) is 27.7 Å². The molecule has 13 heavy (non-hydrogen) atoms. The van der Waals surface area contributed by atoms with E-state index in [1.165, 1.54) is 0 Å². The van der Waals surface area contributed by atoms with Crippen LogP contribution >= 0.6 is 0 Å². The lowest BCUT2D eigenvalue weighted by molar-refractivity contribution is 0.191. The molecule has 1 atom stereocenters. The second-order valence-corrected chi connectivity index (χ2v) is 2.93. The van der Waals surface area contributed by atoms with Crippen LogP contribution in [0.4, 0.5) is 5.95 Å². The summed E-state index contributed by atoms with van der Waals surface area (Å²) >= 11 is 0. The van der Waals surface area contributed by atoms with Crippen LogP contribution in [0.5, 0.6) is 0 Å². The Labute approximate surface area is 77.0 Å². The van der Waals surface area contributed by atoms with E-state index in [4.69, 9.17) is 10.8 Å². The van der Waals surface area contributed by atoms with Gasteiger partial charge < -0.3 is 16.2 Å². The zero-order valence-electron chi connectivity index (χ0n) is 7.57. The number of aromatic nitrogens is 2. The molecule has 0 amide bonds. The monoisotopic (exact) mass is 182 g/mol. The van der Waals surface area contributed by atoms with E-state index in [2.05, 4.69) is 15.3 Å². The third-order valence-electron chi connectivity index (χ3n) is 1.49. The van der Waals surface area contributed by atoms with Crippen LogP contribution in [0.25, 0.3) is 0 Å². The highest BCUT2D eigenvalue weighted by molar-refractivity contribution is 5.16. The fourth-order valence-electron chi connectivity index (χ4n) is 0.881. The van der Waals surface area contributed by atoms with Crippen molar-refractivity contribution >= 4 is 5.95 Å². The maximum absolute atomic E-state index is 8.96. The SMILES string of the molecule is CC(O)CNCc1cnc(N)nc1. The van der Waals surface area contributed by atoms with Gasteiger partial charge in [0.05, 0.1) is 6.10 Å². The van der Waals surface area contributed by atoms with Crippen LogP contribution in [0, 0.1) is 0 Å². The van der Waals surface area contributed by atoms with Crippen molar-refractivity contribution in [3.05, 3.63) is 18.0 Å². The molecule has 5 nitrogen and oxygen atoms in total. The molecular weight excluding hydrogens is 168 g/mol. The van der Waals surface area contributed by atoms with E-state index >= 15 is 0 Å². The molecule has 0 aliphatic heterocycles. The average Bonchev–Trinajstić information content (AvgIpc) is 2.08. The molecule has 0 fully saturated rings. The number of aliphatic hydroxyl groups excluding tert-OH is 1. The van der Waals surface area contributed by atoms with Crippen molar-refractivity contribution in [3.63, 3.8) is 0 Å². The Morgan fingerprint density at radius 2 is 2.15 bits per heavy atom. The lowest BCUT2D eigenvalue weighted by Crippen LogP contribution is -2.23. The highest BCUT2D eigenvalue weighted by atomic mass is 16.3. The van der Waals surface area contributed by atoms with Crippen molar-refractivity contribution in [2.45, 2.75) is 19.6 Å². The lowest BCUT2D eigenvalue weighted by Gasteiger charge is -2.05. The quantitative estimate of drug-likeness (QED) is 0.586. The minimum atomic E-state index is -0.338. The Bertz CT molecular complexity index is 247. The largest absolute Gasteiger partial charge is 0.392 e. The summed E-state index contributed by atoms with van der Waals surface area (Å²) in [5.74, 6) is 0.277. The summed E-state index contributed by atoms with van der Waals surface area (Å²) in [6.07, 6.45) is 2.99. The summed E-state index contributed by atoms with van der Waals surface area (Å²) in [6, 6.07) is 0. The Morgan fingerprint density at radius 1 is 1.54 bits per heavy atom. The lowest BCUT2D eigenvalue weighted by atomic mass is 10.3. The molecule has 0 radical (unpaired) electrons. The van der Waals surface area contributed by atoms with Crippen LogP contribution < -0.4 is 11.1 Å². The predicted octanol–water partition coefficient (Wildman–Crippen LogP) is -0.471. The number of aliphatic hydroxyl groups is 1. The van der Waals surface area contributed by atoms with Crippen LogP contribution in [0.1, 0.15) is 12.5 Å². The van der Waals surface area contributed by atoms with Gasteiger partial charge in [-0.1, -0.05) is 0 Å². The molecule has 0 spiro atoms. The molecule has 1 aromatic heterocycles. The summed E-state index contributed by atoms with van der Waals surface area (Å²) < 4.78 is 0. The number of hydrogen-bond acceptors (Lipinski definition) is 5. The summed E-state index contributed by atoms with van der Waals surface area (Å²) in [4.78, 5) is 7.68. The second kappa shape index (κ2) is 4.74. The van der Waals surface area contributed by atoms with Gasteiger partial charge in [0.2, 0.25) is 5.95 Å². The molecule has 0 saturated carbocycles. The van der Waals surface area contributed by atoms with Crippen molar-refractivity contribution in [2.75, 3.05) is 12.3 Å². The average molecular weight is 182 g/mol. The Kier molecular flexibility index (Phi) is 3.60. The van der Waals surface area contributed by atoms with E-state index in [0.29, 0.717) is 13.1 Å². The Morgan fingerprint density at radius 3 is 2.69 bits per heavy atom. The first kappa shape index (κ1) is 9.88. The molecule has 1 rings (SSSR count). The number of nitrogens with two attached hydrogens (primary N) is 1. The number of nitrogens with zero attached hydrogens (tertiary/aromatic N) is 2. The maximum Gasteiger partial charge on any atom is 0.219 e. The number of anilines is 1. The van der Waals surface area contributed by atoms with Crippen molar-refractivity contribution in [2.24, 2.45) is 0 Å². The first-order valence-electron chi connectivity index (χ1n) is 4.13. The molecule has 0 aromatic carbocycles. The number of rotatable bonds is 4. The molecule has 72 valence electrons. The van der Waals surface area contributed by atoms with Gasteiger partial charge >= 0.3 is 0 Å². The van der Waals surface area contributed by atoms with Crippen LogP contribution in [-0.2, 0) is 6.54 Å². The molecule has 0 saturated heterocycles. The highest BCUT2D eigenvalue weighted by Gasteiger charge is 1.96. The number of hydrogen-bond donors (Lipinski definition) is 3.